The summed E-state index contributed by atoms with van der Waals surface area (Å²) in [6, 6.07) is 12.4. The van der Waals surface area contributed by atoms with Gasteiger partial charge in [-0.15, -0.1) is 10.2 Å². The number of hydrogen-bond donors (Lipinski definition) is 0. The number of fused-ring (bicyclic) bond motifs is 1. The SMILES string of the molecule is CCn1nc(C)cc1-c1nnc2sc(Cc3ccccc3)nn12. The van der Waals surface area contributed by atoms with E-state index in [-0.39, 0.29) is 0 Å². The van der Waals surface area contributed by atoms with Gasteiger partial charge in [-0.25, -0.2) is 0 Å². The normalized spacial score (nSPS) is 11.4. The van der Waals surface area contributed by atoms with Crippen LogP contribution in [0.25, 0.3) is 16.5 Å². The van der Waals surface area contributed by atoms with Gasteiger partial charge in [0.05, 0.1) is 5.69 Å². The molecule has 0 N–H and O–H groups in total. The molecule has 0 amide bonds. The quantitative estimate of drug-likeness (QED) is 0.579. The van der Waals surface area contributed by atoms with E-state index in [0.717, 1.165) is 40.1 Å². The topological polar surface area (TPSA) is 60.9 Å². The summed E-state index contributed by atoms with van der Waals surface area (Å²) in [6.07, 6.45) is 0.806. The summed E-state index contributed by atoms with van der Waals surface area (Å²) in [5, 5.41) is 18.8. The maximum Gasteiger partial charge on any atom is 0.235 e. The maximum absolute atomic E-state index is 4.70. The van der Waals surface area contributed by atoms with Crippen LogP contribution in [0.1, 0.15) is 23.2 Å². The molecule has 0 saturated carbocycles. The molecule has 0 aliphatic carbocycles. The standard InChI is InChI=1S/C16H16N6S/c1-3-21-13(9-11(2)19-21)15-17-18-16-22(15)20-14(23-16)10-12-7-5-4-6-8-12/h4-9H,3,10H2,1-2H3. The van der Waals surface area contributed by atoms with Gasteiger partial charge in [0.1, 0.15) is 10.7 Å². The van der Waals surface area contributed by atoms with Gasteiger partial charge in [0.25, 0.3) is 0 Å². The van der Waals surface area contributed by atoms with Gasteiger partial charge in [-0.2, -0.15) is 14.7 Å². The number of nitrogens with zero attached hydrogens (tertiary/aromatic N) is 6. The highest BCUT2D eigenvalue weighted by molar-refractivity contribution is 7.16. The first-order valence-corrected chi connectivity index (χ1v) is 8.36. The Labute approximate surface area is 137 Å². The van der Waals surface area contributed by atoms with Crippen LogP contribution in [-0.2, 0) is 13.0 Å². The third kappa shape index (κ3) is 2.53. The minimum Gasteiger partial charge on any atom is -0.262 e. The summed E-state index contributed by atoms with van der Waals surface area (Å²) in [5.41, 5.74) is 3.17. The predicted molar refractivity (Wildman–Crippen MR) is 89.5 cm³/mol. The van der Waals surface area contributed by atoms with Gasteiger partial charge < -0.3 is 0 Å². The Balaban J connectivity index is 1.75. The largest absolute Gasteiger partial charge is 0.262 e. The highest BCUT2D eigenvalue weighted by atomic mass is 32.1. The molecule has 7 heteroatoms. The zero-order valence-electron chi connectivity index (χ0n) is 13.0. The monoisotopic (exact) mass is 324 g/mol. The first kappa shape index (κ1) is 14.1. The second-order valence-corrected chi connectivity index (χ2v) is 6.40. The Hall–Kier alpha value is -2.54. The van der Waals surface area contributed by atoms with Gasteiger partial charge in [0.15, 0.2) is 0 Å². The van der Waals surface area contributed by atoms with E-state index in [4.69, 9.17) is 5.10 Å². The minimum atomic E-state index is 0.748. The van der Waals surface area contributed by atoms with E-state index in [0.29, 0.717) is 0 Å². The number of rotatable bonds is 4. The van der Waals surface area contributed by atoms with Gasteiger partial charge >= 0.3 is 0 Å². The van der Waals surface area contributed by atoms with Crippen LogP contribution in [0.4, 0.5) is 0 Å². The van der Waals surface area contributed by atoms with Crippen molar-refractivity contribution in [1.82, 2.24) is 29.6 Å². The summed E-state index contributed by atoms with van der Waals surface area (Å²) in [4.78, 5) is 0.812. The predicted octanol–water partition coefficient (Wildman–Crippen LogP) is 2.97. The number of benzene rings is 1. The van der Waals surface area contributed by atoms with E-state index < -0.39 is 0 Å². The molecule has 4 rings (SSSR count). The van der Waals surface area contributed by atoms with Gasteiger partial charge in [-0.1, -0.05) is 41.7 Å². The Morgan fingerprint density at radius 1 is 1.09 bits per heavy atom. The van der Waals surface area contributed by atoms with E-state index in [2.05, 4.69) is 34.4 Å². The third-order valence-electron chi connectivity index (χ3n) is 3.66. The van der Waals surface area contributed by atoms with Crippen molar-refractivity contribution >= 4 is 16.3 Å². The number of aryl methyl sites for hydroxylation is 2. The van der Waals surface area contributed by atoms with E-state index in [1.165, 1.54) is 5.56 Å². The molecule has 6 nitrogen and oxygen atoms in total. The molecule has 3 aromatic heterocycles. The van der Waals surface area contributed by atoms with Crippen LogP contribution in [-0.4, -0.2) is 29.6 Å². The summed E-state index contributed by atoms with van der Waals surface area (Å²) in [7, 11) is 0. The highest BCUT2D eigenvalue weighted by Gasteiger charge is 2.17. The molecule has 0 saturated heterocycles. The molecule has 0 fully saturated rings. The second-order valence-electron chi connectivity index (χ2n) is 5.36. The average Bonchev–Trinajstić information content (AvgIpc) is 3.21. The van der Waals surface area contributed by atoms with Crippen molar-refractivity contribution in [3.8, 4) is 11.5 Å². The molecule has 0 radical (unpaired) electrons. The molecule has 0 bridgehead atoms. The van der Waals surface area contributed by atoms with Gasteiger partial charge in [0.2, 0.25) is 10.8 Å². The first-order chi connectivity index (χ1) is 11.2. The highest BCUT2D eigenvalue weighted by Crippen LogP contribution is 2.23. The van der Waals surface area contributed by atoms with E-state index in [9.17, 15) is 0 Å². The van der Waals surface area contributed by atoms with Crippen molar-refractivity contribution in [2.75, 3.05) is 0 Å². The lowest BCUT2D eigenvalue weighted by Crippen LogP contribution is -2.02. The van der Waals surface area contributed by atoms with E-state index >= 15 is 0 Å². The molecule has 23 heavy (non-hydrogen) atoms. The zero-order chi connectivity index (χ0) is 15.8. The lowest BCUT2D eigenvalue weighted by Gasteiger charge is -2.00. The van der Waals surface area contributed by atoms with Gasteiger partial charge in [-0.05, 0) is 25.5 Å². The summed E-state index contributed by atoms with van der Waals surface area (Å²) >= 11 is 1.58. The summed E-state index contributed by atoms with van der Waals surface area (Å²) < 4.78 is 3.76. The second kappa shape index (κ2) is 5.58. The van der Waals surface area contributed by atoms with Crippen molar-refractivity contribution in [1.29, 1.82) is 0 Å². The smallest absolute Gasteiger partial charge is 0.235 e. The fourth-order valence-corrected chi connectivity index (χ4v) is 3.49. The molecule has 4 aromatic rings. The molecule has 0 spiro atoms. The van der Waals surface area contributed by atoms with Crippen LogP contribution in [0.5, 0.6) is 0 Å². The molecule has 0 aliphatic rings. The zero-order valence-corrected chi connectivity index (χ0v) is 13.8. The fourth-order valence-electron chi connectivity index (χ4n) is 2.62. The molecule has 0 unspecified atom stereocenters. The fraction of sp³-hybridized carbons (Fsp3) is 0.250. The molecule has 0 atom stereocenters. The number of aromatic nitrogens is 6. The van der Waals surface area contributed by atoms with Crippen molar-refractivity contribution in [2.45, 2.75) is 26.8 Å². The van der Waals surface area contributed by atoms with Crippen molar-refractivity contribution in [3.05, 3.63) is 52.7 Å². The van der Waals surface area contributed by atoms with Crippen LogP contribution in [0, 0.1) is 6.92 Å². The Bertz CT molecular complexity index is 950. The van der Waals surface area contributed by atoms with Crippen molar-refractivity contribution in [3.63, 3.8) is 0 Å². The Morgan fingerprint density at radius 2 is 1.91 bits per heavy atom. The molecule has 3 heterocycles. The van der Waals surface area contributed by atoms with E-state index in [1.807, 2.05) is 40.4 Å². The van der Waals surface area contributed by atoms with Crippen LogP contribution >= 0.6 is 11.3 Å². The van der Waals surface area contributed by atoms with E-state index in [1.54, 1.807) is 11.3 Å². The maximum atomic E-state index is 4.70. The number of hydrogen-bond acceptors (Lipinski definition) is 5. The summed E-state index contributed by atoms with van der Waals surface area (Å²) in [5.74, 6) is 0.748. The first-order valence-electron chi connectivity index (χ1n) is 7.54. The third-order valence-corrected chi connectivity index (χ3v) is 4.56. The van der Waals surface area contributed by atoms with Crippen LogP contribution in [0.3, 0.4) is 0 Å². The lowest BCUT2D eigenvalue weighted by atomic mass is 10.2. The molecule has 116 valence electrons. The van der Waals surface area contributed by atoms with Crippen LogP contribution in [0.2, 0.25) is 0 Å². The van der Waals surface area contributed by atoms with Crippen LogP contribution < -0.4 is 0 Å². The van der Waals surface area contributed by atoms with Crippen molar-refractivity contribution < 1.29 is 0 Å². The Kier molecular flexibility index (Phi) is 3.42. The van der Waals surface area contributed by atoms with Crippen molar-refractivity contribution in [2.24, 2.45) is 0 Å². The van der Waals surface area contributed by atoms with Gasteiger partial charge in [-0.3, -0.25) is 4.68 Å². The average molecular weight is 324 g/mol. The van der Waals surface area contributed by atoms with Gasteiger partial charge in [0, 0.05) is 13.0 Å². The molecule has 1 aromatic carbocycles. The van der Waals surface area contributed by atoms with Crippen LogP contribution in [0.15, 0.2) is 36.4 Å². The Morgan fingerprint density at radius 3 is 2.70 bits per heavy atom. The molecule has 0 aliphatic heterocycles. The summed E-state index contributed by atoms with van der Waals surface area (Å²) in [6.45, 7) is 4.84. The minimum absolute atomic E-state index is 0.748. The molecular formula is C16H16N6S. The molecular weight excluding hydrogens is 308 g/mol. The lowest BCUT2D eigenvalue weighted by molar-refractivity contribution is 0.655.